The van der Waals surface area contributed by atoms with E-state index in [0.717, 1.165) is 10.2 Å². The number of carbonyl (C=O) groups is 1. The first-order chi connectivity index (χ1) is 10.7. The van der Waals surface area contributed by atoms with Gasteiger partial charge in [0.15, 0.2) is 11.5 Å². The van der Waals surface area contributed by atoms with Crippen molar-refractivity contribution in [2.45, 2.75) is 0 Å². The van der Waals surface area contributed by atoms with Gasteiger partial charge in [0.25, 0.3) is 5.91 Å². The van der Waals surface area contributed by atoms with Gasteiger partial charge in [-0.1, -0.05) is 12.1 Å². The number of nitrogens with one attached hydrogen (secondary N) is 1. The summed E-state index contributed by atoms with van der Waals surface area (Å²) in [5.41, 5.74) is 1.24. The fourth-order valence-electron chi connectivity index (χ4n) is 2.14. The molecule has 2 heterocycles. The van der Waals surface area contributed by atoms with Crippen molar-refractivity contribution in [1.82, 2.24) is 15.1 Å². The number of halogens is 1. The molecule has 3 rings (SSSR count). The van der Waals surface area contributed by atoms with Crippen LogP contribution in [0.4, 0.5) is 11.5 Å². The zero-order valence-corrected chi connectivity index (χ0v) is 13.4. The summed E-state index contributed by atoms with van der Waals surface area (Å²) in [6.07, 6.45) is 0. The molecule has 1 aliphatic rings. The predicted molar refractivity (Wildman–Crippen MR) is 86.2 cm³/mol. The molecule has 0 spiro atoms. The summed E-state index contributed by atoms with van der Waals surface area (Å²) in [5, 5.41) is 11.2. The summed E-state index contributed by atoms with van der Waals surface area (Å²) in [6.45, 7) is 2.33. The van der Waals surface area contributed by atoms with Crippen LogP contribution >= 0.6 is 15.9 Å². The minimum Gasteiger partial charge on any atom is -0.378 e. The van der Waals surface area contributed by atoms with E-state index in [-0.39, 0.29) is 5.91 Å². The molecule has 1 saturated heterocycles. The molecule has 0 saturated carbocycles. The van der Waals surface area contributed by atoms with Crippen LogP contribution in [0.3, 0.4) is 0 Å². The number of para-hydroxylation sites is 1. The third-order valence-electron chi connectivity index (χ3n) is 3.32. The van der Waals surface area contributed by atoms with Crippen LogP contribution in [0.1, 0.15) is 10.5 Å². The quantitative estimate of drug-likeness (QED) is 0.908. The van der Waals surface area contributed by atoms with Crippen LogP contribution in [0.5, 0.6) is 0 Å². The van der Waals surface area contributed by atoms with Gasteiger partial charge >= 0.3 is 0 Å². The van der Waals surface area contributed by atoms with Crippen molar-refractivity contribution in [1.29, 1.82) is 0 Å². The van der Waals surface area contributed by atoms with E-state index in [0.29, 0.717) is 37.8 Å². The van der Waals surface area contributed by atoms with Crippen molar-refractivity contribution in [3.05, 3.63) is 46.6 Å². The van der Waals surface area contributed by atoms with Crippen LogP contribution in [0.15, 0.2) is 40.9 Å². The van der Waals surface area contributed by atoms with E-state index in [1.165, 1.54) is 0 Å². The number of benzene rings is 1. The highest BCUT2D eigenvalue weighted by Crippen LogP contribution is 2.24. The second-order valence-electron chi connectivity index (χ2n) is 4.81. The standard InChI is InChI=1S/C15H15BrN4O2/c16-11-3-1-2-4-12(11)17-14-6-5-13(18-19-14)15(21)20-7-9-22-10-8-20/h1-6H,7-10H2,(H,17,19). The van der Waals surface area contributed by atoms with Gasteiger partial charge in [0.2, 0.25) is 0 Å². The van der Waals surface area contributed by atoms with E-state index < -0.39 is 0 Å². The molecule has 1 N–H and O–H groups in total. The number of amides is 1. The fourth-order valence-corrected chi connectivity index (χ4v) is 2.53. The van der Waals surface area contributed by atoms with Crippen molar-refractivity contribution in [2.75, 3.05) is 31.6 Å². The van der Waals surface area contributed by atoms with E-state index in [1.807, 2.05) is 24.3 Å². The lowest BCUT2D eigenvalue weighted by molar-refractivity contribution is 0.0298. The minimum absolute atomic E-state index is 0.108. The Balaban J connectivity index is 1.70. The van der Waals surface area contributed by atoms with Crippen molar-refractivity contribution >= 4 is 33.3 Å². The summed E-state index contributed by atoms with van der Waals surface area (Å²) in [6, 6.07) is 11.2. The molecule has 7 heteroatoms. The molecule has 0 unspecified atom stereocenters. The molecule has 1 aromatic heterocycles. The number of hydrogen-bond acceptors (Lipinski definition) is 5. The average Bonchev–Trinajstić information content (AvgIpc) is 2.58. The zero-order valence-electron chi connectivity index (χ0n) is 11.8. The Kier molecular flexibility index (Phi) is 4.65. The van der Waals surface area contributed by atoms with Crippen LogP contribution in [0, 0.1) is 0 Å². The van der Waals surface area contributed by atoms with Crippen molar-refractivity contribution in [2.24, 2.45) is 0 Å². The highest BCUT2D eigenvalue weighted by Gasteiger charge is 2.19. The molecule has 0 bridgehead atoms. The minimum atomic E-state index is -0.108. The highest BCUT2D eigenvalue weighted by atomic mass is 79.9. The number of aromatic nitrogens is 2. The van der Waals surface area contributed by atoms with Gasteiger partial charge in [0, 0.05) is 17.6 Å². The smallest absolute Gasteiger partial charge is 0.274 e. The number of ether oxygens (including phenoxy) is 1. The maximum Gasteiger partial charge on any atom is 0.274 e. The average molecular weight is 363 g/mol. The summed E-state index contributed by atoms with van der Waals surface area (Å²) in [5.74, 6) is 0.480. The number of anilines is 2. The van der Waals surface area contributed by atoms with Gasteiger partial charge < -0.3 is 15.0 Å². The first kappa shape index (κ1) is 14.9. The van der Waals surface area contributed by atoms with Crippen molar-refractivity contribution in [3.63, 3.8) is 0 Å². The molecule has 1 amide bonds. The third-order valence-corrected chi connectivity index (χ3v) is 4.01. The van der Waals surface area contributed by atoms with Gasteiger partial charge in [-0.2, -0.15) is 0 Å². The van der Waals surface area contributed by atoms with Crippen LogP contribution in [0.2, 0.25) is 0 Å². The molecule has 1 fully saturated rings. The van der Waals surface area contributed by atoms with Gasteiger partial charge in [0.1, 0.15) is 0 Å². The third kappa shape index (κ3) is 3.42. The molecule has 114 valence electrons. The topological polar surface area (TPSA) is 67.4 Å². The number of carbonyl (C=O) groups excluding carboxylic acids is 1. The molecule has 1 aromatic carbocycles. The fraction of sp³-hybridized carbons (Fsp3) is 0.267. The SMILES string of the molecule is O=C(c1ccc(Nc2ccccc2Br)nn1)N1CCOCC1. The van der Waals surface area contributed by atoms with Gasteiger partial charge in [-0.05, 0) is 40.2 Å². The Hall–Kier alpha value is -1.99. The van der Waals surface area contributed by atoms with Gasteiger partial charge in [-0.15, -0.1) is 10.2 Å². The molecule has 6 nitrogen and oxygen atoms in total. The van der Waals surface area contributed by atoms with E-state index in [1.54, 1.807) is 17.0 Å². The number of rotatable bonds is 3. The summed E-state index contributed by atoms with van der Waals surface area (Å²) in [7, 11) is 0. The Labute approximate surface area is 136 Å². The van der Waals surface area contributed by atoms with E-state index >= 15 is 0 Å². The van der Waals surface area contributed by atoms with Crippen LogP contribution in [0.25, 0.3) is 0 Å². The maximum absolute atomic E-state index is 12.3. The second-order valence-corrected chi connectivity index (χ2v) is 5.67. The molecular formula is C15H15BrN4O2. The van der Waals surface area contributed by atoms with Crippen molar-refractivity contribution in [3.8, 4) is 0 Å². The monoisotopic (exact) mass is 362 g/mol. The normalized spacial score (nSPS) is 14.7. The molecule has 0 radical (unpaired) electrons. The van der Waals surface area contributed by atoms with E-state index in [2.05, 4.69) is 31.4 Å². The largest absolute Gasteiger partial charge is 0.378 e. The first-order valence-electron chi connectivity index (χ1n) is 6.96. The maximum atomic E-state index is 12.3. The van der Waals surface area contributed by atoms with Crippen molar-refractivity contribution < 1.29 is 9.53 Å². The molecule has 2 aromatic rings. The number of hydrogen-bond donors (Lipinski definition) is 1. The summed E-state index contributed by atoms with van der Waals surface area (Å²) in [4.78, 5) is 14.0. The van der Waals surface area contributed by atoms with Crippen LogP contribution in [-0.2, 0) is 4.74 Å². The van der Waals surface area contributed by atoms with Gasteiger partial charge in [0.05, 0.1) is 18.9 Å². The zero-order chi connectivity index (χ0) is 15.4. The number of morpholine rings is 1. The molecule has 1 aliphatic heterocycles. The van der Waals surface area contributed by atoms with Crippen LogP contribution < -0.4 is 5.32 Å². The second kappa shape index (κ2) is 6.85. The summed E-state index contributed by atoms with van der Waals surface area (Å²) >= 11 is 3.46. The first-order valence-corrected chi connectivity index (χ1v) is 7.75. The number of nitrogens with zero attached hydrogens (tertiary/aromatic N) is 3. The highest BCUT2D eigenvalue weighted by molar-refractivity contribution is 9.10. The lowest BCUT2D eigenvalue weighted by atomic mass is 10.3. The predicted octanol–water partition coefficient (Wildman–Crippen LogP) is 2.46. The van der Waals surface area contributed by atoms with E-state index in [4.69, 9.17) is 4.74 Å². The Bertz CT molecular complexity index is 657. The van der Waals surface area contributed by atoms with Gasteiger partial charge in [-0.25, -0.2) is 0 Å². The Morgan fingerprint density at radius 2 is 1.91 bits per heavy atom. The Morgan fingerprint density at radius 1 is 1.14 bits per heavy atom. The van der Waals surface area contributed by atoms with E-state index in [9.17, 15) is 4.79 Å². The Morgan fingerprint density at radius 3 is 2.59 bits per heavy atom. The van der Waals surface area contributed by atoms with Crippen LogP contribution in [-0.4, -0.2) is 47.3 Å². The molecule has 0 atom stereocenters. The van der Waals surface area contributed by atoms with Gasteiger partial charge in [-0.3, -0.25) is 4.79 Å². The molecule has 22 heavy (non-hydrogen) atoms. The lowest BCUT2D eigenvalue weighted by Gasteiger charge is -2.26. The lowest BCUT2D eigenvalue weighted by Crippen LogP contribution is -2.41. The molecular weight excluding hydrogens is 348 g/mol. The summed E-state index contributed by atoms with van der Waals surface area (Å²) < 4.78 is 6.17. The molecule has 0 aliphatic carbocycles.